The van der Waals surface area contributed by atoms with Gasteiger partial charge in [0.2, 0.25) is 5.82 Å². The van der Waals surface area contributed by atoms with E-state index < -0.39 is 0 Å². The molecule has 1 aliphatic rings. The van der Waals surface area contributed by atoms with Crippen LogP contribution in [0.15, 0.2) is 6.33 Å². The van der Waals surface area contributed by atoms with Crippen molar-refractivity contribution in [2.45, 2.75) is 45.6 Å². The molecule has 130 valence electrons. The quantitative estimate of drug-likeness (QED) is 0.629. The van der Waals surface area contributed by atoms with Gasteiger partial charge in [0.15, 0.2) is 0 Å². The van der Waals surface area contributed by atoms with E-state index in [-0.39, 0.29) is 16.5 Å². The fourth-order valence-corrected chi connectivity index (χ4v) is 3.52. The van der Waals surface area contributed by atoms with Crippen molar-refractivity contribution in [1.29, 1.82) is 0 Å². The second-order valence-electron chi connectivity index (χ2n) is 6.61. The molecular formula is C15H23N7O2. The van der Waals surface area contributed by atoms with Crippen LogP contribution in [-0.4, -0.2) is 42.6 Å². The highest BCUT2D eigenvalue weighted by molar-refractivity contribution is 5.61. The summed E-state index contributed by atoms with van der Waals surface area (Å²) >= 11 is 0. The predicted octanol–water partition coefficient (Wildman–Crippen LogP) is 2.19. The van der Waals surface area contributed by atoms with Crippen molar-refractivity contribution < 1.29 is 4.92 Å². The summed E-state index contributed by atoms with van der Waals surface area (Å²) in [6.07, 6.45) is 3.72. The van der Waals surface area contributed by atoms with Gasteiger partial charge in [-0.05, 0) is 33.6 Å². The summed E-state index contributed by atoms with van der Waals surface area (Å²) < 4.78 is 3.69. The topological polar surface area (TPSA) is 94.9 Å². The zero-order valence-electron chi connectivity index (χ0n) is 14.5. The SMILES string of the molecule is Cc1nn(C)c(N2CCCC(c3nncn3C(C)C)C2)c1[N+](=O)[O-]. The minimum Gasteiger partial charge on any atom is -0.350 e. The Balaban J connectivity index is 1.92. The minimum atomic E-state index is -0.335. The maximum Gasteiger partial charge on any atom is 0.333 e. The Hall–Kier alpha value is -2.45. The average molecular weight is 333 g/mol. The lowest BCUT2D eigenvalue weighted by atomic mass is 9.96. The predicted molar refractivity (Wildman–Crippen MR) is 89.2 cm³/mol. The Kier molecular flexibility index (Phi) is 4.25. The molecule has 1 saturated heterocycles. The molecule has 0 radical (unpaired) electrons. The normalized spacial score (nSPS) is 18.4. The van der Waals surface area contributed by atoms with Gasteiger partial charge in [-0.1, -0.05) is 0 Å². The number of aromatic nitrogens is 5. The average Bonchev–Trinajstić information content (AvgIpc) is 3.11. The Labute approximate surface area is 140 Å². The van der Waals surface area contributed by atoms with Crippen LogP contribution in [0.4, 0.5) is 11.5 Å². The lowest BCUT2D eigenvalue weighted by Crippen LogP contribution is -2.37. The Morgan fingerprint density at radius 3 is 2.83 bits per heavy atom. The molecule has 1 fully saturated rings. The molecule has 0 aromatic carbocycles. The molecule has 2 aromatic heterocycles. The minimum absolute atomic E-state index is 0.100. The van der Waals surface area contributed by atoms with Gasteiger partial charge in [0.05, 0.1) is 4.92 Å². The molecule has 0 saturated carbocycles. The van der Waals surface area contributed by atoms with Crippen LogP contribution in [0, 0.1) is 17.0 Å². The number of hydrogen-bond acceptors (Lipinski definition) is 6. The number of hydrogen-bond donors (Lipinski definition) is 0. The van der Waals surface area contributed by atoms with Crippen molar-refractivity contribution in [3.05, 3.63) is 28.0 Å². The van der Waals surface area contributed by atoms with E-state index in [2.05, 4.69) is 38.6 Å². The standard InChI is InChI=1S/C15H23N7O2/c1-10(2)21-9-16-17-14(21)12-6-5-7-20(8-12)15-13(22(23)24)11(3)18-19(15)4/h9-10,12H,5-8H2,1-4H3. The van der Waals surface area contributed by atoms with Crippen LogP contribution in [0.1, 0.15) is 50.2 Å². The van der Waals surface area contributed by atoms with E-state index in [1.807, 2.05) is 0 Å². The Morgan fingerprint density at radius 1 is 1.42 bits per heavy atom. The monoisotopic (exact) mass is 333 g/mol. The zero-order valence-corrected chi connectivity index (χ0v) is 14.5. The van der Waals surface area contributed by atoms with Crippen molar-refractivity contribution in [1.82, 2.24) is 24.5 Å². The molecular weight excluding hydrogens is 310 g/mol. The van der Waals surface area contributed by atoms with Crippen LogP contribution in [-0.2, 0) is 7.05 Å². The van der Waals surface area contributed by atoms with Gasteiger partial charge in [0, 0.05) is 32.1 Å². The Morgan fingerprint density at radius 2 is 2.17 bits per heavy atom. The summed E-state index contributed by atoms with van der Waals surface area (Å²) in [6, 6.07) is 0.290. The molecule has 0 spiro atoms. The number of nitro groups is 1. The molecule has 1 atom stereocenters. The van der Waals surface area contributed by atoms with Crippen molar-refractivity contribution in [2.75, 3.05) is 18.0 Å². The van der Waals surface area contributed by atoms with Crippen LogP contribution in [0.2, 0.25) is 0 Å². The highest BCUT2D eigenvalue weighted by atomic mass is 16.6. The first-order chi connectivity index (χ1) is 11.4. The van der Waals surface area contributed by atoms with Crippen molar-refractivity contribution >= 4 is 11.5 Å². The summed E-state index contributed by atoms with van der Waals surface area (Å²) in [7, 11) is 1.76. The fraction of sp³-hybridized carbons (Fsp3) is 0.667. The van der Waals surface area contributed by atoms with E-state index >= 15 is 0 Å². The maximum absolute atomic E-state index is 11.5. The van der Waals surface area contributed by atoms with Gasteiger partial charge < -0.3 is 9.47 Å². The van der Waals surface area contributed by atoms with Crippen molar-refractivity contribution in [3.63, 3.8) is 0 Å². The van der Waals surface area contributed by atoms with Gasteiger partial charge in [-0.3, -0.25) is 10.1 Å². The fourth-order valence-electron chi connectivity index (χ4n) is 3.52. The highest BCUT2D eigenvalue weighted by Gasteiger charge is 2.33. The third kappa shape index (κ3) is 2.74. The molecule has 1 aliphatic heterocycles. The molecule has 3 heterocycles. The summed E-state index contributed by atoms with van der Waals surface area (Å²) in [5.41, 5.74) is 0.549. The molecule has 0 amide bonds. The molecule has 0 bridgehead atoms. The van der Waals surface area contributed by atoms with Gasteiger partial charge in [0.25, 0.3) is 0 Å². The van der Waals surface area contributed by atoms with Crippen LogP contribution in [0.5, 0.6) is 0 Å². The largest absolute Gasteiger partial charge is 0.350 e. The van der Waals surface area contributed by atoms with Crippen molar-refractivity contribution in [2.24, 2.45) is 7.05 Å². The van der Waals surface area contributed by atoms with Crippen LogP contribution < -0.4 is 4.90 Å². The van der Waals surface area contributed by atoms with E-state index in [1.54, 1.807) is 25.0 Å². The van der Waals surface area contributed by atoms with Gasteiger partial charge in [-0.2, -0.15) is 5.10 Å². The first-order valence-corrected chi connectivity index (χ1v) is 8.22. The molecule has 9 heteroatoms. The number of nitrogens with zero attached hydrogens (tertiary/aromatic N) is 7. The molecule has 2 aromatic rings. The van der Waals surface area contributed by atoms with Crippen molar-refractivity contribution in [3.8, 4) is 0 Å². The summed E-state index contributed by atoms with van der Waals surface area (Å²) in [5, 5.41) is 24.0. The molecule has 24 heavy (non-hydrogen) atoms. The molecule has 9 nitrogen and oxygen atoms in total. The molecule has 3 rings (SSSR count). The molecule has 0 aliphatic carbocycles. The van der Waals surface area contributed by atoms with Gasteiger partial charge in [-0.15, -0.1) is 10.2 Å². The van der Waals surface area contributed by atoms with E-state index in [0.29, 0.717) is 24.1 Å². The summed E-state index contributed by atoms with van der Waals surface area (Å²) in [5.74, 6) is 1.74. The second kappa shape index (κ2) is 6.21. The second-order valence-corrected chi connectivity index (χ2v) is 6.61. The van der Waals surface area contributed by atoms with E-state index in [9.17, 15) is 10.1 Å². The lowest BCUT2D eigenvalue weighted by Gasteiger charge is -2.33. The number of anilines is 1. The van der Waals surface area contributed by atoms with Gasteiger partial charge in [0.1, 0.15) is 17.8 Å². The zero-order chi connectivity index (χ0) is 17.4. The summed E-state index contributed by atoms with van der Waals surface area (Å²) in [4.78, 5) is 13.2. The number of rotatable bonds is 4. The molecule has 0 N–H and O–H groups in total. The number of aryl methyl sites for hydroxylation is 2. The van der Waals surface area contributed by atoms with Gasteiger partial charge >= 0.3 is 5.69 Å². The maximum atomic E-state index is 11.5. The third-order valence-corrected chi connectivity index (χ3v) is 4.59. The van der Waals surface area contributed by atoms with Crippen LogP contribution >= 0.6 is 0 Å². The Bertz CT molecular complexity index is 749. The first kappa shape index (κ1) is 16.4. The lowest BCUT2D eigenvalue weighted by molar-refractivity contribution is -0.384. The highest BCUT2D eigenvalue weighted by Crippen LogP contribution is 2.36. The number of piperidine rings is 1. The summed E-state index contributed by atoms with van der Waals surface area (Å²) in [6.45, 7) is 7.35. The van der Waals surface area contributed by atoms with Crippen LogP contribution in [0.25, 0.3) is 0 Å². The molecule has 1 unspecified atom stereocenters. The van der Waals surface area contributed by atoms with Gasteiger partial charge in [-0.25, -0.2) is 4.68 Å². The third-order valence-electron chi connectivity index (χ3n) is 4.59. The van der Waals surface area contributed by atoms with Crippen LogP contribution in [0.3, 0.4) is 0 Å². The smallest absolute Gasteiger partial charge is 0.333 e. The first-order valence-electron chi connectivity index (χ1n) is 8.22. The van der Waals surface area contributed by atoms with E-state index in [1.165, 1.54) is 0 Å². The van der Waals surface area contributed by atoms with E-state index in [0.717, 1.165) is 25.2 Å². The van der Waals surface area contributed by atoms with E-state index in [4.69, 9.17) is 0 Å².